The normalized spacial score (nSPS) is 11.0. The van der Waals surface area contributed by atoms with Crippen molar-refractivity contribution in [2.24, 2.45) is 0 Å². The van der Waals surface area contributed by atoms with Crippen molar-refractivity contribution in [1.29, 1.82) is 0 Å². The molecule has 3 aromatic carbocycles. The third-order valence-corrected chi connectivity index (χ3v) is 4.53. The van der Waals surface area contributed by atoms with Gasteiger partial charge in [-0.05, 0) is 54.6 Å². The highest BCUT2D eigenvalue weighted by molar-refractivity contribution is 5.49. The van der Waals surface area contributed by atoms with Gasteiger partial charge in [-0.25, -0.2) is 5.06 Å². The zero-order valence-corrected chi connectivity index (χ0v) is 19.0. The van der Waals surface area contributed by atoms with Crippen LogP contribution in [0.4, 0.5) is 5.69 Å². The summed E-state index contributed by atoms with van der Waals surface area (Å²) in [6.45, 7) is 3.27. The van der Waals surface area contributed by atoms with E-state index in [1.54, 1.807) is 36.7 Å². The van der Waals surface area contributed by atoms with E-state index in [2.05, 4.69) is 10.6 Å². The Morgan fingerprint density at radius 1 is 0.765 bits per heavy atom. The number of nitrogens with zero attached hydrogens (tertiary/aromatic N) is 1. The van der Waals surface area contributed by atoms with Gasteiger partial charge in [0.25, 0.3) is 0 Å². The Morgan fingerprint density at radius 3 is 2.15 bits per heavy atom. The lowest BCUT2D eigenvalue weighted by molar-refractivity contribution is 0.242. The maximum Gasteiger partial charge on any atom is 0.127 e. The Labute approximate surface area is 200 Å². The molecular weight excluding hydrogens is 430 g/mol. The zero-order valence-electron chi connectivity index (χ0n) is 19.0. The molecule has 0 saturated heterocycles. The van der Waals surface area contributed by atoms with Gasteiger partial charge >= 0.3 is 0 Å². The number of para-hydroxylation sites is 2. The molecule has 0 heterocycles. The maximum absolute atomic E-state index is 10.1. The Balaban J connectivity index is 1.20. The topological polar surface area (TPSA) is 75.2 Å². The van der Waals surface area contributed by atoms with Gasteiger partial charge in [-0.15, -0.1) is 0 Å². The SMILES string of the molecule is ON(/C=C\NC/C=C\OCCNCCOc1ccccc1)c1ccc(Oc2ccccc2)cc1. The minimum absolute atomic E-state index is 0.575. The molecule has 0 saturated carbocycles. The number of hydrogen-bond donors (Lipinski definition) is 3. The first-order valence-corrected chi connectivity index (χ1v) is 11.2. The van der Waals surface area contributed by atoms with Gasteiger partial charge in [0.2, 0.25) is 0 Å². The lowest BCUT2D eigenvalue weighted by Crippen LogP contribution is -2.24. The molecule has 3 N–H and O–H groups in total. The minimum Gasteiger partial charge on any atom is -0.500 e. The molecule has 0 atom stereocenters. The first-order chi connectivity index (χ1) is 16.8. The average Bonchev–Trinajstić information content (AvgIpc) is 2.88. The van der Waals surface area contributed by atoms with Crippen LogP contribution in [0.5, 0.6) is 17.2 Å². The number of ether oxygens (including phenoxy) is 3. The molecule has 0 fully saturated rings. The number of benzene rings is 3. The van der Waals surface area contributed by atoms with Crippen molar-refractivity contribution in [3.05, 3.63) is 110 Å². The third kappa shape index (κ3) is 9.68. The van der Waals surface area contributed by atoms with Crippen molar-refractivity contribution in [2.45, 2.75) is 0 Å². The van der Waals surface area contributed by atoms with Gasteiger partial charge in [0.15, 0.2) is 0 Å². The van der Waals surface area contributed by atoms with Gasteiger partial charge in [0, 0.05) is 32.0 Å². The van der Waals surface area contributed by atoms with E-state index in [0.717, 1.165) is 29.7 Å². The van der Waals surface area contributed by atoms with Gasteiger partial charge < -0.3 is 24.8 Å². The molecular formula is C27H31N3O4. The second kappa shape index (κ2) is 15.0. The largest absolute Gasteiger partial charge is 0.500 e. The van der Waals surface area contributed by atoms with Crippen molar-refractivity contribution in [1.82, 2.24) is 10.6 Å². The van der Waals surface area contributed by atoms with Crippen LogP contribution >= 0.6 is 0 Å². The molecule has 0 aliphatic heterocycles. The fraction of sp³-hybridized carbons (Fsp3) is 0.185. The highest BCUT2D eigenvalue weighted by Gasteiger charge is 2.01. The van der Waals surface area contributed by atoms with E-state index in [1.807, 2.05) is 66.7 Å². The number of anilines is 1. The van der Waals surface area contributed by atoms with Gasteiger partial charge in [-0.2, -0.15) is 0 Å². The number of hydrogen-bond acceptors (Lipinski definition) is 7. The lowest BCUT2D eigenvalue weighted by atomic mass is 10.3. The van der Waals surface area contributed by atoms with Crippen LogP contribution in [0.25, 0.3) is 0 Å². The first kappa shape index (κ1) is 24.7. The summed E-state index contributed by atoms with van der Waals surface area (Å²) >= 11 is 0. The summed E-state index contributed by atoms with van der Waals surface area (Å²) in [6, 6.07) is 26.5. The Kier molecular flexibility index (Phi) is 10.9. The van der Waals surface area contributed by atoms with Gasteiger partial charge in [0.1, 0.15) is 23.9 Å². The van der Waals surface area contributed by atoms with Crippen LogP contribution in [0.3, 0.4) is 0 Å². The monoisotopic (exact) mass is 461 g/mol. The fourth-order valence-corrected chi connectivity index (χ4v) is 2.84. The molecule has 7 heteroatoms. The van der Waals surface area contributed by atoms with Crippen molar-refractivity contribution in [3.63, 3.8) is 0 Å². The third-order valence-electron chi connectivity index (χ3n) is 4.53. The van der Waals surface area contributed by atoms with Crippen molar-refractivity contribution < 1.29 is 19.4 Å². The van der Waals surface area contributed by atoms with Gasteiger partial charge in [0.05, 0.1) is 18.6 Å². The standard InChI is InChI=1S/C27H31N3O4/c31-30(24-12-14-27(15-13-24)34-26-10-5-2-6-11-26)20-17-28-16-7-21-32-22-18-29-19-23-33-25-8-3-1-4-9-25/h1-15,17,20-21,28-29,31H,16,18-19,22-23H2/b20-17-,21-7-. The van der Waals surface area contributed by atoms with Gasteiger partial charge in [-0.1, -0.05) is 36.4 Å². The van der Waals surface area contributed by atoms with Crippen molar-refractivity contribution in [3.8, 4) is 17.2 Å². The highest BCUT2D eigenvalue weighted by atomic mass is 16.5. The molecule has 34 heavy (non-hydrogen) atoms. The maximum atomic E-state index is 10.1. The zero-order chi connectivity index (χ0) is 23.7. The van der Waals surface area contributed by atoms with Crippen LogP contribution in [0.1, 0.15) is 0 Å². The lowest BCUT2D eigenvalue weighted by Gasteiger charge is -2.13. The smallest absolute Gasteiger partial charge is 0.127 e. The van der Waals surface area contributed by atoms with Crippen LogP contribution in [-0.2, 0) is 4.74 Å². The summed E-state index contributed by atoms with van der Waals surface area (Å²) in [6.07, 6.45) is 6.71. The Morgan fingerprint density at radius 2 is 1.41 bits per heavy atom. The van der Waals surface area contributed by atoms with E-state index in [4.69, 9.17) is 14.2 Å². The van der Waals surface area contributed by atoms with Crippen LogP contribution in [0, 0.1) is 0 Å². The van der Waals surface area contributed by atoms with Crippen molar-refractivity contribution >= 4 is 5.69 Å². The van der Waals surface area contributed by atoms with E-state index in [1.165, 1.54) is 6.20 Å². The quantitative estimate of drug-likeness (QED) is 0.168. The molecule has 7 nitrogen and oxygen atoms in total. The second-order valence-corrected chi connectivity index (χ2v) is 7.13. The molecule has 3 rings (SSSR count). The van der Waals surface area contributed by atoms with Crippen molar-refractivity contribution in [2.75, 3.05) is 37.9 Å². The Bertz CT molecular complexity index is 980. The second-order valence-electron chi connectivity index (χ2n) is 7.13. The van der Waals surface area contributed by atoms with Crippen LogP contribution in [-0.4, -0.2) is 38.1 Å². The molecule has 0 aliphatic rings. The predicted molar refractivity (Wildman–Crippen MR) is 134 cm³/mol. The number of rotatable bonds is 15. The summed E-state index contributed by atoms with van der Waals surface area (Å²) in [4.78, 5) is 0. The summed E-state index contributed by atoms with van der Waals surface area (Å²) < 4.78 is 16.8. The van der Waals surface area contributed by atoms with Crippen LogP contribution in [0.15, 0.2) is 110 Å². The molecule has 0 unspecified atom stereocenters. The summed E-state index contributed by atoms with van der Waals surface area (Å²) in [7, 11) is 0. The van der Waals surface area contributed by atoms with E-state index in [-0.39, 0.29) is 0 Å². The minimum atomic E-state index is 0.575. The van der Waals surface area contributed by atoms with Crippen LogP contribution in [0.2, 0.25) is 0 Å². The molecule has 0 aromatic heterocycles. The van der Waals surface area contributed by atoms with E-state index in [0.29, 0.717) is 31.2 Å². The van der Waals surface area contributed by atoms with E-state index >= 15 is 0 Å². The molecule has 178 valence electrons. The number of hydroxylamine groups is 1. The highest BCUT2D eigenvalue weighted by Crippen LogP contribution is 2.23. The molecule has 0 bridgehead atoms. The number of nitrogens with one attached hydrogen (secondary N) is 2. The van der Waals surface area contributed by atoms with Crippen LogP contribution < -0.4 is 25.2 Å². The summed E-state index contributed by atoms with van der Waals surface area (Å²) in [5, 5.41) is 17.5. The van der Waals surface area contributed by atoms with Gasteiger partial charge in [-0.3, -0.25) is 5.21 Å². The summed E-state index contributed by atoms with van der Waals surface area (Å²) in [5.74, 6) is 2.34. The average molecular weight is 462 g/mol. The predicted octanol–water partition coefficient (Wildman–Crippen LogP) is 4.93. The van der Waals surface area contributed by atoms with E-state index < -0.39 is 0 Å². The Hall–Kier alpha value is -3.94. The summed E-state index contributed by atoms with van der Waals surface area (Å²) in [5.41, 5.74) is 0.624. The molecule has 3 aromatic rings. The molecule has 0 amide bonds. The first-order valence-electron chi connectivity index (χ1n) is 11.2. The molecule has 0 aliphatic carbocycles. The molecule has 0 radical (unpaired) electrons. The molecule has 0 spiro atoms. The fourth-order valence-electron chi connectivity index (χ4n) is 2.84. The van der Waals surface area contributed by atoms with E-state index in [9.17, 15) is 5.21 Å².